The molecule has 0 aliphatic rings. The third-order valence-electron chi connectivity index (χ3n) is 3.10. The molecule has 23 heavy (non-hydrogen) atoms. The lowest BCUT2D eigenvalue weighted by molar-refractivity contribution is -0.138. The van der Waals surface area contributed by atoms with E-state index in [1.54, 1.807) is 30.3 Å². The molecule has 0 spiro atoms. The van der Waals surface area contributed by atoms with E-state index in [0.29, 0.717) is 5.69 Å². The van der Waals surface area contributed by atoms with E-state index in [4.69, 9.17) is 10.8 Å². The number of aliphatic carboxylic acids is 1. The number of carboxylic acids is 1. The monoisotopic (exact) mass is 331 g/mol. The molecule has 0 saturated carbocycles. The second-order valence-corrected chi connectivity index (χ2v) is 4.81. The Hall–Kier alpha value is -2.50. The molecule has 6 heteroatoms. The Labute approximate surface area is 141 Å². The summed E-state index contributed by atoms with van der Waals surface area (Å²) >= 11 is 0. The van der Waals surface area contributed by atoms with E-state index in [-0.39, 0.29) is 18.8 Å². The lowest BCUT2D eigenvalue weighted by Gasteiger charge is -2.06. The van der Waals surface area contributed by atoms with Gasteiger partial charge in [-0.05, 0) is 41.8 Å². The van der Waals surface area contributed by atoms with Crippen LogP contribution < -0.4 is 5.73 Å². The van der Waals surface area contributed by atoms with Crippen LogP contribution >= 0.6 is 12.4 Å². The van der Waals surface area contributed by atoms with Crippen molar-refractivity contribution in [1.29, 1.82) is 0 Å². The summed E-state index contributed by atoms with van der Waals surface area (Å²) in [7, 11) is 0. The highest BCUT2D eigenvalue weighted by Crippen LogP contribution is 2.20. The summed E-state index contributed by atoms with van der Waals surface area (Å²) in [5.41, 5.74) is 8.77. The van der Waals surface area contributed by atoms with Crippen molar-refractivity contribution in [2.24, 2.45) is 16.0 Å². The van der Waals surface area contributed by atoms with E-state index in [9.17, 15) is 4.79 Å². The first kappa shape index (κ1) is 18.5. The second kappa shape index (κ2) is 8.82. The van der Waals surface area contributed by atoms with Gasteiger partial charge in [-0.3, -0.25) is 4.79 Å². The molecule has 2 rings (SSSR count). The van der Waals surface area contributed by atoms with Crippen LogP contribution in [0.15, 0.2) is 65.3 Å². The van der Waals surface area contributed by atoms with Crippen molar-refractivity contribution < 1.29 is 9.90 Å². The van der Waals surface area contributed by atoms with Crippen molar-refractivity contribution in [3.63, 3.8) is 0 Å². The standard InChI is InChI=1S/C17H17N3O2.ClH/c1-2-12-4-3-5-15(10-12)20-19-14-8-6-13(7-9-14)11-16(18)17(21)22;/h2-10,16H,1,11,18H2,(H,21,22);1H/t16-;/m0./s1. The Balaban J connectivity index is 0.00000264. The zero-order valence-electron chi connectivity index (χ0n) is 12.4. The van der Waals surface area contributed by atoms with Crippen molar-refractivity contribution in [2.45, 2.75) is 12.5 Å². The van der Waals surface area contributed by atoms with Crippen LogP contribution in [-0.2, 0) is 11.2 Å². The molecule has 5 nitrogen and oxygen atoms in total. The fourth-order valence-electron chi connectivity index (χ4n) is 1.87. The Morgan fingerprint density at radius 2 is 1.83 bits per heavy atom. The van der Waals surface area contributed by atoms with Crippen LogP contribution in [0.5, 0.6) is 0 Å². The van der Waals surface area contributed by atoms with Crippen molar-refractivity contribution in [2.75, 3.05) is 0 Å². The number of nitrogens with two attached hydrogens (primary N) is 1. The third kappa shape index (κ3) is 5.65. The van der Waals surface area contributed by atoms with Crippen LogP contribution in [0.1, 0.15) is 11.1 Å². The number of halogens is 1. The minimum Gasteiger partial charge on any atom is -0.480 e. The van der Waals surface area contributed by atoms with Crippen molar-refractivity contribution in [1.82, 2.24) is 0 Å². The predicted octanol–water partition coefficient (Wildman–Crippen LogP) is 4.12. The van der Waals surface area contributed by atoms with Gasteiger partial charge in [0.25, 0.3) is 0 Å². The molecule has 0 radical (unpaired) electrons. The lowest BCUT2D eigenvalue weighted by Crippen LogP contribution is -2.32. The highest BCUT2D eigenvalue weighted by molar-refractivity contribution is 5.85. The summed E-state index contributed by atoms with van der Waals surface area (Å²) < 4.78 is 0. The molecule has 0 saturated heterocycles. The number of hydrogen-bond donors (Lipinski definition) is 2. The smallest absolute Gasteiger partial charge is 0.320 e. The molecule has 0 amide bonds. The second-order valence-electron chi connectivity index (χ2n) is 4.81. The molecular formula is C17H18ClN3O2. The van der Waals surface area contributed by atoms with Gasteiger partial charge in [-0.1, -0.05) is 36.9 Å². The maximum absolute atomic E-state index is 10.7. The van der Waals surface area contributed by atoms with Gasteiger partial charge in [0, 0.05) is 0 Å². The number of carboxylic acid groups (broad SMARTS) is 1. The highest BCUT2D eigenvalue weighted by atomic mass is 35.5. The number of carbonyl (C=O) groups is 1. The number of rotatable bonds is 6. The van der Waals surface area contributed by atoms with Crippen LogP contribution in [0, 0.1) is 0 Å². The number of azo groups is 1. The van der Waals surface area contributed by atoms with Crippen molar-refractivity contribution >= 4 is 35.8 Å². The van der Waals surface area contributed by atoms with E-state index in [1.807, 2.05) is 24.3 Å². The molecule has 3 N–H and O–H groups in total. The van der Waals surface area contributed by atoms with Crippen molar-refractivity contribution in [3.8, 4) is 0 Å². The van der Waals surface area contributed by atoms with Gasteiger partial charge in [-0.2, -0.15) is 10.2 Å². The summed E-state index contributed by atoms with van der Waals surface area (Å²) in [6, 6.07) is 13.8. The molecule has 0 unspecified atom stereocenters. The van der Waals surface area contributed by atoms with E-state index in [0.717, 1.165) is 16.8 Å². The van der Waals surface area contributed by atoms with Crippen LogP contribution in [-0.4, -0.2) is 17.1 Å². The zero-order chi connectivity index (χ0) is 15.9. The minimum atomic E-state index is -1.01. The first-order chi connectivity index (χ1) is 10.6. The summed E-state index contributed by atoms with van der Waals surface area (Å²) in [5, 5.41) is 17.1. The average Bonchev–Trinajstić information content (AvgIpc) is 2.54. The first-order valence-electron chi connectivity index (χ1n) is 6.80. The average molecular weight is 332 g/mol. The van der Waals surface area contributed by atoms with E-state index >= 15 is 0 Å². The molecule has 120 valence electrons. The van der Waals surface area contributed by atoms with Crippen LogP contribution in [0.4, 0.5) is 11.4 Å². The minimum absolute atomic E-state index is 0. The first-order valence-corrected chi connectivity index (χ1v) is 6.80. The maximum Gasteiger partial charge on any atom is 0.320 e. The molecule has 0 fully saturated rings. The van der Waals surface area contributed by atoms with Gasteiger partial charge in [-0.25, -0.2) is 0 Å². The molecule has 0 heterocycles. The third-order valence-corrected chi connectivity index (χ3v) is 3.10. The van der Waals surface area contributed by atoms with E-state index < -0.39 is 12.0 Å². The topological polar surface area (TPSA) is 88.0 Å². The largest absolute Gasteiger partial charge is 0.480 e. The lowest BCUT2D eigenvalue weighted by atomic mass is 10.1. The zero-order valence-corrected chi connectivity index (χ0v) is 13.2. The van der Waals surface area contributed by atoms with Gasteiger partial charge in [-0.15, -0.1) is 12.4 Å². The number of benzene rings is 2. The van der Waals surface area contributed by atoms with Gasteiger partial charge in [0.1, 0.15) is 6.04 Å². The number of hydrogen-bond acceptors (Lipinski definition) is 4. The SMILES string of the molecule is C=Cc1cccc(N=Nc2ccc(C[C@H](N)C(=O)O)cc2)c1.Cl. The van der Waals surface area contributed by atoms with Crippen LogP contribution in [0.2, 0.25) is 0 Å². The van der Waals surface area contributed by atoms with Gasteiger partial charge in [0.2, 0.25) is 0 Å². The molecule has 1 atom stereocenters. The van der Waals surface area contributed by atoms with Gasteiger partial charge < -0.3 is 10.8 Å². The fourth-order valence-corrected chi connectivity index (χ4v) is 1.87. The van der Waals surface area contributed by atoms with E-state index in [1.165, 1.54) is 0 Å². The normalized spacial score (nSPS) is 11.7. The molecule has 0 aromatic heterocycles. The highest BCUT2D eigenvalue weighted by Gasteiger charge is 2.11. The summed E-state index contributed by atoms with van der Waals surface area (Å²) in [4.78, 5) is 10.7. The Bertz CT molecular complexity index is 699. The Morgan fingerprint density at radius 1 is 1.17 bits per heavy atom. The summed E-state index contributed by atoms with van der Waals surface area (Å²) in [5.74, 6) is -1.01. The quantitative estimate of drug-likeness (QED) is 0.780. The predicted molar refractivity (Wildman–Crippen MR) is 93.7 cm³/mol. The molecule has 2 aromatic rings. The summed E-state index contributed by atoms with van der Waals surface area (Å²) in [6.07, 6.45) is 2.04. The molecule has 0 bridgehead atoms. The van der Waals surface area contributed by atoms with Gasteiger partial charge in [0.05, 0.1) is 11.4 Å². The maximum atomic E-state index is 10.7. The van der Waals surface area contributed by atoms with Crippen LogP contribution in [0.3, 0.4) is 0 Å². The van der Waals surface area contributed by atoms with Crippen LogP contribution in [0.25, 0.3) is 6.08 Å². The number of nitrogens with zero attached hydrogens (tertiary/aromatic N) is 2. The van der Waals surface area contributed by atoms with Crippen molar-refractivity contribution in [3.05, 3.63) is 66.2 Å². The molecule has 0 aliphatic carbocycles. The van der Waals surface area contributed by atoms with E-state index in [2.05, 4.69) is 16.8 Å². The van der Waals surface area contributed by atoms with Gasteiger partial charge >= 0.3 is 5.97 Å². The molecule has 0 aliphatic heterocycles. The summed E-state index contributed by atoms with van der Waals surface area (Å²) in [6.45, 7) is 3.71. The fraction of sp³-hybridized carbons (Fsp3) is 0.118. The molecule has 2 aromatic carbocycles. The Kier molecular flexibility index (Phi) is 7.12. The van der Waals surface area contributed by atoms with Gasteiger partial charge in [0.15, 0.2) is 0 Å². The molecular weight excluding hydrogens is 314 g/mol. The Morgan fingerprint density at radius 3 is 2.43 bits per heavy atom.